The standard InChI is InChI=1S/C18H38O7S/c1-5-8-11-22-14-16(19)18(24-13-10-7-3)17(23-12-9-6-2)15-25-26(4,20)21/h16-19H,5-15H2,1-4H3/t16-,17+,18+/m1/s1. The van der Waals surface area contributed by atoms with Crippen LogP contribution in [0.2, 0.25) is 0 Å². The van der Waals surface area contributed by atoms with E-state index >= 15 is 0 Å². The molecule has 0 spiro atoms. The second-order valence-corrected chi connectivity index (χ2v) is 8.08. The van der Waals surface area contributed by atoms with Gasteiger partial charge >= 0.3 is 0 Å². The lowest BCUT2D eigenvalue weighted by Gasteiger charge is -2.30. The fourth-order valence-electron chi connectivity index (χ4n) is 2.18. The minimum absolute atomic E-state index is 0.114. The van der Waals surface area contributed by atoms with Crippen LogP contribution in [-0.4, -0.2) is 71.1 Å². The minimum atomic E-state index is -3.61. The molecule has 7 nitrogen and oxygen atoms in total. The third kappa shape index (κ3) is 13.9. The van der Waals surface area contributed by atoms with Gasteiger partial charge in [0.2, 0.25) is 0 Å². The van der Waals surface area contributed by atoms with Crippen molar-refractivity contribution in [3.63, 3.8) is 0 Å². The average molecular weight is 399 g/mol. The van der Waals surface area contributed by atoms with Crippen molar-refractivity contribution < 1.29 is 31.9 Å². The van der Waals surface area contributed by atoms with E-state index in [1.807, 2.05) is 13.8 Å². The van der Waals surface area contributed by atoms with Crippen LogP contribution in [0.3, 0.4) is 0 Å². The maximum Gasteiger partial charge on any atom is 0.264 e. The Morgan fingerprint density at radius 3 is 1.92 bits per heavy atom. The van der Waals surface area contributed by atoms with Crippen molar-refractivity contribution in [1.29, 1.82) is 0 Å². The highest BCUT2D eigenvalue weighted by atomic mass is 32.2. The predicted molar refractivity (Wildman–Crippen MR) is 102 cm³/mol. The van der Waals surface area contributed by atoms with Gasteiger partial charge in [0, 0.05) is 19.8 Å². The summed E-state index contributed by atoms with van der Waals surface area (Å²) in [6.07, 6.45) is 4.19. The third-order valence-electron chi connectivity index (χ3n) is 3.76. The summed E-state index contributed by atoms with van der Waals surface area (Å²) < 4.78 is 44.7. The zero-order valence-corrected chi connectivity index (χ0v) is 17.6. The van der Waals surface area contributed by atoms with Crippen LogP contribution in [-0.2, 0) is 28.5 Å². The summed E-state index contributed by atoms with van der Waals surface area (Å²) in [6, 6.07) is 0. The molecule has 0 unspecified atom stereocenters. The SMILES string of the molecule is CCCCOC[C@@H](O)[C@H](OCCCC)[C@H](COS(C)(=O)=O)OCCCC. The topological polar surface area (TPSA) is 91.3 Å². The van der Waals surface area contributed by atoms with Gasteiger partial charge in [-0.05, 0) is 19.3 Å². The van der Waals surface area contributed by atoms with Gasteiger partial charge in [0.25, 0.3) is 10.1 Å². The molecule has 0 aromatic heterocycles. The fourth-order valence-corrected chi connectivity index (χ4v) is 2.56. The van der Waals surface area contributed by atoms with Gasteiger partial charge < -0.3 is 19.3 Å². The van der Waals surface area contributed by atoms with Crippen molar-refractivity contribution in [2.75, 3.05) is 39.3 Å². The normalized spacial score (nSPS) is 15.7. The summed E-state index contributed by atoms with van der Waals surface area (Å²) in [4.78, 5) is 0. The van der Waals surface area contributed by atoms with E-state index in [-0.39, 0.29) is 13.2 Å². The number of aliphatic hydroxyl groups is 1. The van der Waals surface area contributed by atoms with Gasteiger partial charge in [-0.1, -0.05) is 40.0 Å². The first-order chi connectivity index (χ1) is 12.4. The lowest BCUT2D eigenvalue weighted by Crippen LogP contribution is -2.46. The molecule has 26 heavy (non-hydrogen) atoms. The van der Waals surface area contributed by atoms with Gasteiger partial charge in [0.1, 0.15) is 18.3 Å². The summed E-state index contributed by atoms with van der Waals surface area (Å²) in [6.45, 7) is 7.55. The van der Waals surface area contributed by atoms with Crippen LogP contribution in [0.15, 0.2) is 0 Å². The van der Waals surface area contributed by atoms with Crippen molar-refractivity contribution in [2.24, 2.45) is 0 Å². The molecule has 0 aromatic carbocycles. The molecule has 0 aliphatic rings. The summed E-state index contributed by atoms with van der Waals surface area (Å²) in [7, 11) is -3.61. The quantitative estimate of drug-likeness (QED) is 0.280. The van der Waals surface area contributed by atoms with E-state index in [1.54, 1.807) is 0 Å². The fraction of sp³-hybridized carbons (Fsp3) is 1.00. The molecule has 0 aliphatic carbocycles. The van der Waals surface area contributed by atoms with Crippen LogP contribution in [0.4, 0.5) is 0 Å². The number of hydrogen-bond acceptors (Lipinski definition) is 7. The zero-order chi connectivity index (χ0) is 19.8. The zero-order valence-electron chi connectivity index (χ0n) is 16.8. The summed E-state index contributed by atoms with van der Waals surface area (Å²) in [5, 5.41) is 10.5. The monoisotopic (exact) mass is 398 g/mol. The molecular weight excluding hydrogens is 360 g/mol. The Labute approximate surface area is 159 Å². The number of aliphatic hydroxyl groups excluding tert-OH is 1. The summed E-state index contributed by atoms with van der Waals surface area (Å²) >= 11 is 0. The van der Waals surface area contributed by atoms with Crippen molar-refractivity contribution in [3.05, 3.63) is 0 Å². The molecule has 158 valence electrons. The van der Waals surface area contributed by atoms with Crippen LogP contribution >= 0.6 is 0 Å². The lowest BCUT2D eigenvalue weighted by atomic mass is 10.1. The van der Waals surface area contributed by atoms with Gasteiger partial charge in [0.15, 0.2) is 0 Å². The molecule has 0 saturated carbocycles. The first-order valence-electron chi connectivity index (χ1n) is 9.69. The van der Waals surface area contributed by atoms with E-state index in [0.29, 0.717) is 19.8 Å². The number of hydrogen-bond donors (Lipinski definition) is 1. The van der Waals surface area contributed by atoms with Crippen LogP contribution in [0.1, 0.15) is 59.3 Å². The van der Waals surface area contributed by atoms with Crippen molar-refractivity contribution in [3.8, 4) is 0 Å². The minimum Gasteiger partial charge on any atom is -0.388 e. The van der Waals surface area contributed by atoms with Gasteiger partial charge in [-0.3, -0.25) is 4.18 Å². The van der Waals surface area contributed by atoms with E-state index in [0.717, 1.165) is 44.8 Å². The smallest absolute Gasteiger partial charge is 0.264 e. The second-order valence-electron chi connectivity index (χ2n) is 6.44. The maximum absolute atomic E-state index is 11.4. The molecule has 0 fully saturated rings. The molecule has 0 heterocycles. The van der Waals surface area contributed by atoms with E-state index in [9.17, 15) is 13.5 Å². The predicted octanol–water partition coefficient (Wildman–Crippen LogP) is 2.51. The highest BCUT2D eigenvalue weighted by Crippen LogP contribution is 2.14. The Kier molecular flexibility index (Phi) is 15.6. The first kappa shape index (κ1) is 25.8. The molecule has 0 aromatic rings. The Hall–Kier alpha value is -0.250. The molecule has 0 rings (SSSR count). The van der Waals surface area contributed by atoms with Gasteiger partial charge in [-0.25, -0.2) is 0 Å². The van der Waals surface area contributed by atoms with Gasteiger partial charge in [-0.2, -0.15) is 8.42 Å². The molecule has 0 amide bonds. The van der Waals surface area contributed by atoms with E-state index in [1.165, 1.54) is 0 Å². The van der Waals surface area contributed by atoms with Crippen molar-refractivity contribution in [2.45, 2.75) is 77.6 Å². The Morgan fingerprint density at radius 1 is 0.846 bits per heavy atom. The Balaban J connectivity index is 4.93. The molecule has 8 heteroatoms. The summed E-state index contributed by atoms with van der Waals surface area (Å²) in [5.41, 5.74) is 0. The van der Waals surface area contributed by atoms with Crippen LogP contribution < -0.4 is 0 Å². The Morgan fingerprint density at radius 2 is 1.38 bits per heavy atom. The molecule has 0 saturated heterocycles. The van der Waals surface area contributed by atoms with Crippen LogP contribution in [0.5, 0.6) is 0 Å². The molecule has 0 bridgehead atoms. The second kappa shape index (κ2) is 15.8. The van der Waals surface area contributed by atoms with Gasteiger partial charge in [0.05, 0.1) is 19.5 Å². The van der Waals surface area contributed by atoms with E-state index < -0.39 is 28.4 Å². The van der Waals surface area contributed by atoms with E-state index in [4.69, 9.17) is 18.4 Å². The van der Waals surface area contributed by atoms with Crippen molar-refractivity contribution in [1.82, 2.24) is 0 Å². The molecule has 1 N–H and O–H groups in total. The average Bonchev–Trinajstić information content (AvgIpc) is 2.58. The largest absolute Gasteiger partial charge is 0.388 e. The molecular formula is C18H38O7S. The third-order valence-corrected chi connectivity index (χ3v) is 4.33. The summed E-state index contributed by atoms with van der Waals surface area (Å²) in [5.74, 6) is 0. The maximum atomic E-state index is 11.4. The van der Waals surface area contributed by atoms with Crippen LogP contribution in [0, 0.1) is 0 Å². The highest BCUT2D eigenvalue weighted by molar-refractivity contribution is 7.85. The number of ether oxygens (including phenoxy) is 3. The van der Waals surface area contributed by atoms with Crippen LogP contribution in [0.25, 0.3) is 0 Å². The number of rotatable bonds is 18. The number of unbranched alkanes of at least 4 members (excludes halogenated alkanes) is 3. The Bertz CT molecular complexity index is 414. The van der Waals surface area contributed by atoms with E-state index in [2.05, 4.69) is 6.92 Å². The molecule has 0 radical (unpaired) electrons. The highest BCUT2D eigenvalue weighted by Gasteiger charge is 2.31. The molecule has 0 aliphatic heterocycles. The van der Waals surface area contributed by atoms with Crippen molar-refractivity contribution >= 4 is 10.1 Å². The van der Waals surface area contributed by atoms with Gasteiger partial charge in [-0.15, -0.1) is 0 Å². The first-order valence-corrected chi connectivity index (χ1v) is 11.5. The molecule has 3 atom stereocenters. The lowest BCUT2D eigenvalue weighted by molar-refractivity contribution is -0.146.